The molecule has 0 aromatic carbocycles. The number of aryl methyl sites for hydroxylation is 1. The van der Waals surface area contributed by atoms with Gasteiger partial charge in [-0.05, 0) is 19.1 Å². The van der Waals surface area contributed by atoms with Gasteiger partial charge < -0.3 is 10.0 Å². The number of carboxylic acids is 1. The molecular weight excluding hydrogens is 234 g/mol. The van der Waals surface area contributed by atoms with E-state index in [9.17, 15) is 9.59 Å². The Morgan fingerprint density at radius 2 is 2.17 bits per heavy atom. The fraction of sp³-hybridized carbons (Fsp3) is 0.417. The van der Waals surface area contributed by atoms with Crippen LogP contribution in [0.5, 0.6) is 0 Å². The van der Waals surface area contributed by atoms with Crippen molar-refractivity contribution in [3.8, 4) is 0 Å². The zero-order valence-corrected chi connectivity index (χ0v) is 10.7. The molecule has 1 heterocycles. The number of amides is 2. The molecule has 98 valence electrons. The Labute approximate surface area is 106 Å². The molecule has 1 rings (SSSR count). The largest absolute Gasteiger partial charge is 0.481 e. The van der Waals surface area contributed by atoms with E-state index in [0.717, 1.165) is 5.69 Å². The molecule has 18 heavy (non-hydrogen) atoms. The minimum absolute atomic E-state index is 0.146. The van der Waals surface area contributed by atoms with Crippen LogP contribution in [0.3, 0.4) is 0 Å². The van der Waals surface area contributed by atoms with Gasteiger partial charge in [-0.1, -0.05) is 13.0 Å². The van der Waals surface area contributed by atoms with Gasteiger partial charge in [0, 0.05) is 19.3 Å². The Kier molecular flexibility index (Phi) is 4.65. The van der Waals surface area contributed by atoms with Crippen molar-refractivity contribution in [2.45, 2.75) is 13.8 Å². The van der Waals surface area contributed by atoms with Gasteiger partial charge in [0.1, 0.15) is 5.82 Å². The van der Waals surface area contributed by atoms with E-state index in [4.69, 9.17) is 5.11 Å². The molecule has 2 amide bonds. The number of aliphatic carboxylic acids is 1. The average Bonchev–Trinajstić information content (AvgIpc) is 2.28. The number of nitrogens with one attached hydrogen (secondary N) is 1. The number of carboxylic acid groups (broad SMARTS) is 1. The van der Waals surface area contributed by atoms with E-state index in [1.54, 1.807) is 26.1 Å². The van der Waals surface area contributed by atoms with E-state index in [-0.39, 0.29) is 12.6 Å². The lowest BCUT2D eigenvalue weighted by atomic mass is 10.2. The van der Waals surface area contributed by atoms with Gasteiger partial charge in [-0.15, -0.1) is 0 Å². The van der Waals surface area contributed by atoms with Crippen LogP contribution in [0.1, 0.15) is 12.6 Å². The molecule has 0 aliphatic carbocycles. The Hall–Kier alpha value is -2.11. The number of aromatic nitrogens is 1. The van der Waals surface area contributed by atoms with E-state index in [2.05, 4.69) is 10.3 Å². The molecule has 1 atom stereocenters. The third kappa shape index (κ3) is 4.04. The third-order valence-electron chi connectivity index (χ3n) is 2.44. The first-order chi connectivity index (χ1) is 8.40. The van der Waals surface area contributed by atoms with Gasteiger partial charge in [-0.2, -0.15) is 0 Å². The van der Waals surface area contributed by atoms with Gasteiger partial charge in [-0.3, -0.25) is 10.1 Å². The van der Waals surface area contributed by atoms with E-state index in [0.29, 0.717) is 5.82 Å². The van der Waals surface area contributed by atoms with Crippen molar-refractivity contribution < 1.29 is 14.7 Å². The summed E-state index contributed by atoms with van der Waals surface area (Å²) in [6, 6.07) is 4.92. The van der Waals surface area contributed by atoms with Crippen LogP contribution in [-0.4, -0.2) is 40.6 Å². The molecular formula is C12H17N3O3. The first kappa shape index (κ1) is 14.0. The molecule has 6 heteroatoms. The molecule has 0 bridgehead atoms. The van der Waals surface area contributed by atoms with Crippen molar-refractivity contribution in [2.24, 2.45) is 5.92 Å². The molecule has 0 saturated carbocycles. The highest BCUT2D eigenvalue weighted by Crippen LogP contribution is 2.06. The second-order valence-corrected chi connectivity index (χ2v) is 4.21. The van der Waals surface area contributed by atoms with E-state index < -0.39 is 11.9 Å². The Bertz CT molecular complexity index is 448. The van der Waals surface area contributed by atoms with Crippen LogP contribution < -0.4 is 5.32 Å². The van der Waals surface area contributed by atoms with Crippen LogP contribution >= 0.6 is 0 Å². The van der Waals surface area contributed by atoms with Gasteiger partial charge in [-0.25, -0.2) is 9.78 Å². The lowest BCUT2D eigenvalue weighted by Gasteiger charge is -2.19. The summed E-state index contributed by atoms with van der Waals surface area (Å²) in [5.74, 6) is -1.08. The van der Waals surface area contributed by atoms with Crippen molar-refractivity contribution >= 4 is 17.8 Å². The molecule has 0 radical (unpaired) electrons. The van der Waals surface area contributed by atoms with Gasteiger partial charge in [0.15, 0.2) is 0 Å². The maximum Gasteiger partial charge on any atom is 0.322 e. The molecule has 0 spiro atoms. The molecule has 0 aliphatic rings. The molecule has 0 aliphatic heterocycles. The fourth-order valence-electron chi connectivity index (χ4n) is 1.39. The van der Waals surface area contributed by atoms with Crippen molar-refractivity contribution in [3.05, 3.63) is 23.9 Å². The molecule has 1 aromatic rings. The summed E-state index contributed by atoms with van der Waals surface area (Å²) < 4.78 is 0. The Balaban J connectivity index is 2.57. The van der Waals surface area contributed by atoms with Crippen molar-refractivity contribution in [1.82, 2.24) is 9.88 Å². The Morgan fingerprint density at radius 3 is 2.72 bits per heavy atom. The van der Waals surface area contributed by atoms with Crippen LogP contribution in [0.15, 0.2) is 18.2 Å². The zero-order chi connectivity index (χ0) is 13.7. The molecule has 1 aromatic heterocycles. The van der Waals surface area contributed by atoms with Crippen LogP contribution in [0, 0.1) is 12.8 Å². The number of carbonyl (C=O) groups excluding carboxylic acids is 1. The highest BCUT2D eigenvalue weighted by atomic mass is 16.4. The fourth-order valence-corrected chi connectivity index (χ4v) is 1.39. The SMILES string of the molecule is Cc1cccc(NC(=O)N(C)CC(C)C(=O)O)n1. The third-order valence-corrected chi connectivity index (χ3v) is 2.44. The summed E-state index contributed by atoms with van der Waals surface area (Å²) in [6.07, 6.45) is 0. The number of urea groups is 1. The molecule has 2 N–H and O–H groups in total. The predicted molar refractivity (Wildman–Crippen MR) is 67.4 cm³/mol. The number of anilines is 1. The van der Waals surface area contributed by atoms with Crippen LogP contribution in [-0.2, 0) is 4.79 Å². The summed E-state index contributed by atoms with van der Waals surface area (Å²) >= 11 is 0. The second kappa shape index (κ2) is 6.00. The second-order valence-electron chi connectivity index (χ2n) is 4.21. The first-order valence-electron chi connectivity index (χ1n) is 5.58. The van der Waals surface area contributed by atoms with Gasteiger partial charge >= 0.3 is 12.0 Å². The van der Waals surface area contributed by atoms with Crippen molar-refractivity contribution in [3.63, 3.8) is 0 Å². The van der Waals surface area contributed by atoms with E-state index >= 15 is 0 Å². The minimum Gasteiger partial charge on any atom is -0.481 e. The normalized spacial score (nSPS) is 11.7. The minimum atomic E-state index is -0.927. The average molecular weight is 251 g/mol. The maximum atomic E-state index is 11.8. The molecule has 6 nitrogen and oxygen atoms in total. The summed E-state index contributed by atoms with van der Waals surface area (Å²) in [4.78, 5) is 27.9. The molecule has 0 saturated heterocycles. The topological polar surface area (TPSA) is 82.5 Å². The summed E-state index contributed by atoms with van der Waals surface area (Å²) in [5, 5.41) is 11.4. The van der Waals surface area contributed by atoms with Gasteiger partial charge in [0.05, 0.1) is 5.92 Å². The van der Waals surface area contributed by atoms with E-state index in [1.807, 2.05) is 13.0 Å². The maximum absolute atomic E-state index is 11.8. The number of carbonyl (C=O) groups is 2. The highest BCUT2D eigenvalue weighted by molar-refractivity contribution is 5.88. The van der Waals surface area contributed by atoms with Gasteiger partial charge in [0.2, 0.25) is 0 Å². The highest BCUT2D eigenvalue weighted by Gasteiger charge is 2.17. The smallest absolute Gasteiger partial charge is 0.322 e. The van der Waals surface area contributed by atoms with Gasteiger partial charge in [0.25, 0.3) is 0 Å². The molecule has 0 fully saturated rings. The van der Waals surface area contributed by atoms with E-state index in [1.165, 1.54) is 4.90 Å². The van der Waals surface area contributed by atoms with Crippen LogP contribution in [0.4, 0.5) is 10.6 Å². The lowest BCUT2D eigenvalue weighted by molar-refractivity contribution is -0.141. The molecule has 1 unspecified atom stereocenters. The van der Waals surface area contributed by atoms with Crippen molar-refractivity contribution in [1.29, 1.82) is 0 Å². The van der Waals surface area contributed by atoms with Crippen LogP contribution in [0.25, 0.3) is 0 Å². The van der Waals surface area contributed by atoms with Crippen molar-refractivity contribution in [2.75, 3.05) is 18.9 Å². The first-order valence-corrected chi connectivity index (χ1v) is 5.58. The number of hydrogen-bond acceptors (Lipinski definition) is 3. The lowest BCUT2D eigenvalue weighted by Crippen LogP contribution is -2.36. The number of nitrogens with zero attached hydrogens (tertiary/aromatic N) is 2. The quantitative estimate of drug-likeness (QED) is 0.851. The summed E-state index contributed by atoms with van der Waals surface area (Å²) in [6.45, 7) is 3.52. The standard InChI is InChI=1S/C12H17N3O3/c1-8(11(16)17)7-15(3)12(18)14-10-6-4-5-9(2)13-10/h4-6,8H,7H2,1-3H3,(H,16,17)(H,13,14,18). The monoisotopic (exact) mass is 251 g/mol. The van der Waals surface area contributed by atoms with Crippen LogP contribution in [0.2, 0.25) is 0 Å². The summed E-state index contributed by atoms with van der Waals surface area (Å²) in [7, 11) is 1.55. The zero-order valence-electron chi connectivity index (χ0n) is 10.7. The number of hydrogen-bond donors (Lipinski definition) is 2. The summed E-state index contributed by atoms with van der Waals surface area (Å²) in [5.41, 5.74) is 0.800. The number of rotatable bonds is 4. The Morgan fingerprint density at radius 1 is 1.50 bits per heavy atom. The predicted octanol–water partition coefficient (Wildman–Crippen LogP) is 1.57. The number of pyridine rings is 1.